The number of aliphatic hydroxyl groups is 2. The summed E-state index contributed by atoms with van der Waals surface area (Å²) in [7, 11) is 0. The Bertz CT molecular complexity index is 708. The zero-order valence-corrected chi connectivity index (χ0v) is 20.4. The van der Waals surface area contributed by atoms with Crippen molar-refractivity contribution in [2.45, 2.75) is 110 Å². The van der Waals surface area contributed by atoms with E-state index in [1.54, 1.807) is 5.57 Å². The number of fused-ring (bicyclic) bond motifs is 1. The van der Waals surface area contributed by atoms with E-state index < -0.39 is 5.60 Å². The van der Waals surface area contributed by atoms with Crippen LogP contribution < -0.4 is 0 Å². The molecule has 4 unspecified atom stereocenters. The van der Waals surface area contributed by atoms with Gasteiger partial charge in [0.15, 0.2) is 0 Å². The SMILES string of the molecule is CCC(O)(/C=C/C=C/[C@@H](C)C1CCC2/C(=C/C=C3/CCCC(O)C3)CCCC21C)CC. The lowest BCUT2D eigenvalue weighted by Crippen LogP contribution is -2.35. The fourth-order valence-corrected chi connectivity index (χ4v) is 6.68. The van der Waals surface area contributed by atoms with Gasteiger partial charge < -0.3 is 10.2 Å². The van der Waals surface area contributed by atoms with Crippen LogP contribution in [0.15, 0.2) is 47.6 Å². The first-order chi connectivity index (χ1) is 14.8. The van der Waals surface area contributed by atoms with Gasteiger partial charge in [-0.15, -0.1) is 0 Å². The van der Waals surface area contributed by atoms with Crippen LogP contribution in [0.25, 0.3) is 0 Å². The zero-order valence-electron chi connectivity index (χ0n) is 20.4. The maximum absolute atomic E-state index is 10.4. The maximum atomic E-state index is 10.4. The summed E-state index contributed by atoms with van der Waals surface area (Å²) in [5, 5.41) is 20.4. The molecule has 2 heteroatoms. The summed E-state index contributed by atoms with van der Waals surface area (Å²) in [5.41, 5.74) is 2.84. The van der Waals surface area contributed by atoms with Gasteiger partial charge in [0.05, 0.1) is 11.7 Å². The molecule has 0 radical (unpaired) electrons. The van der Waals surface area contributed by atoms with Gasteiger partial charge in [-0.2, -0.15) is 0 Å². The molecule has 0 aromatic carbocycles. The lowest BCUT2D eigenvalue weighted by molar-refractivity contribution is 0.0828. The average molecular weight is 427 g/mol. The molecule has 3 aliphatic carbocycles. The molecule has 5 atom stereocenters. The molecule has 31 heavy (non-hydrogen) atoms. The third kappa shape index (κ3) is 5.82. The third-order valence-electron chi connectivity index (χ3n) is 8.90. The Morgan fingerprint density at radius 3 is 2.55 bits per heavy atom. The van der Waals surface area contributed by atoms with Crippen molar-refractivity contribution in [1.82, 2.24) is 0 Å². The van der Waals surface area contributed by atoms with Crippen molar-refractivity contribution in [2.75, 3.05) is 0 Å². The predicted octanol–water partition coefficient (Wildman–Crippen LogP) is 7.29. The smallest absolute Gasteiger partial charge is 0.0825 e. The van der Waals surface area contributed by atoms with E-state index in [4.69, 9.17) is 0 Å². The fourth-order valence-electron chi connectivity index (χ4n) is 6.68. The summed E-state index contributed by atoms with van der Waals surface area (Å²) in [4.78, 5) is 0. The second-order valence-electron chi connectivity index (χ2n) is 10.8. The van der Waals surface area contributed by atoms with Crippen LogP contribution in [-0.4, -0.2) is 21.9 Å². The quantitative estimate of drug-likeness (QED) is 0.420. The van der Waals surface area contributed by atoms with Gasteiger partial charge in [-0.25, -0.2) is 0 Å². The second kappa shape index (κ2) is 10.7. The highest BCUT2D eigenvalue weighted by atomic mass is 16.3. The Hall–Kier alpha value is -1.12. The van der Waals surface area contributed by atoms with Crippen LogP contribution in [0.4, 0.5) is 0 Å². The lowest BCUT2D eigenvalue weighted by atomic mass is 9.61. The van der Waals surface area contributed by atoms with Crippen LogP contribution >= 0.6 is 0 Å². The molecule has 3 rings (SSSR count). The number of aliphatic hydroxyl groups excluding tert-OH is 1. The molecule has 2 N–H and O–H groups in total. The third-order valence-corrected chi connectivity index (χ3v) is 8.90. The minimum absolute atomic E-state index is 0.127. The maximum Gasteiger partial charge on any atom is 0.0825 e. The molecule has 0 heterocycles. The van der Waals surface area contributed by atoms with Gasteiger partial charge in [0.2, 0.25) is 0 Å². The number of rotatable bonds is 7. The largest absolute Gasteiger partial charge is 0.393 e. The van der Waals surface area contributed by atoms with Gasteiger partial charge in [0.25, 0.3) is 0 Å². The summed E-state index contributed by atoms with van der Waals surface area (Å²) >= 11 is 0. The van der Waals surface area contributed by atoms with E-state index in [-0.39, 0.29) is 6.10 Å². The lowest BCUT2D eigenvalue weighted by Gasteiger charge is -2.44. The zero-order chi connectivity index (χ0) is 22.5. The highest BCUT2D eigenvalue weighted by molar-refractivity contribution is 5.26. The Kier molecular flexibility index (Phi) is 8.44. The fraction of sp³-hybridized carbons (Fsp3) is 0.724. The summed E-state index contributed by atoms with van der Waals surface area (Å²) in [6.07, 6.45) is 25.4. The first-order valence-electron chi connectivity index (χ1n) is 13.0. The topological polar surface area (TPSA) is 40.5 Å². The van der Waals surface area contributed by atoms with E-state index in [9.17, 15) is 10.2 Å². The molecule has 174 valence electrons. The van der Waals surface area contributed by atoms with Crippen LogP contribution in [0.2, 0.25) is 0 Å². The summed E-state index contributed by atoms with van der Waals surface area (Å²) in [6.45, 7) is 9.02. The van der Waals surface area contributed by atoms with Crippen molar-refractivity contribution in [2.24, 2.45) is 23.2 Å². The normalized spacial score (nSPS) is 36.0. The van der Waals surface area contributed by atoms with Crippen molar-refractivity contribution in [1.29, 1.82) is 0 Å². The van der Waals surface area contributed by atoms with Gasteiger partial charge in [0.1, 0.15) is 0 Å². The van der Waals surface area contributed by atoms with Crippen LogP contribution in [0.1, 0.15) is 98.3 Å². The van der Waals surface area contributed by atoms with E-state index in [2.05, 4.69) is 44.2 Å². The molecule has 3 fully saturated rings. The molecule has 3 saturated carbocycles. The molecule has 0 spiro atoms. The van der Waals surface area contributed by atoms with Crippen molar-refractivity contribution >= 4 is 0 Å². The standard InChI is InChI=1S/C29H46O2/c1-5-29(31,6-2)20-8-7-11-22(3)26-17-18-27-24(13-10-19-28(26,27)4)16-15-23-12-9-14-25(30)21-23/h7-8,11,15-16,20,22,25-27,30-31H,5-6,9-10,12-14,17-19,21H2,1-4H3/b11-7+,20-8+,23-15-,24-16+/t22-,25?,26?,27?,28?/m1/s1. The van der Waals surface area contributed by atoms with E-state index in [1.165, 1.54) is 37.7 Å². The molecule has 0 bridgehead atoms. The second-order valence-corrected chi connectivity index (χ2v) is 10.8. The first kappa shape index (κ1) is 24.5. The number of allylic oxidation sites excluding steroid dienone is 6. The van der Waals surface area contributed by atoms with E-state index in [0.717, 1.165) is 44.4 Å². The molecule has 0 aromatic rings. The van der Waals surface area contributed by atoms with E-state index in [0.29, 0.717) is 17.3 Å². The molecule has 0 aromatic heterocycles. The van der Waals surface area contributed by atoms with Crippen LogP contribution in [0.5, 0.6) is 0 Å². The molecule has 0 saturated heterocycles. The van der Waals surface area contributed by atoms with Crippen molar-refractivity contribution < 1.29 is 10.2 Å². The minimum atomic E-state index is -0.663. The summed E-state index contributed by atoms with van der Waals surface area (Å²) in [6, 6.07) is 0. The van der Waals surface area contributed by atoms with Crippen LogP contribution in [0, 0.1) is 23.2 Å². The van der Waals surface area contributed by atoms with Crippen molar-refractivity contribution in [3.63, 3.8) is 0 Å². The number of hydrogen-bond acceptors (Lipinski definition) is 2. The summed E-state index contributed by atoms with van der Waals surface area (Å²) in [5.74, 6) is 2.00. The molecule has 0 aliphatic heterocycles. The average Bonchev–Trinajstić information content (AvgIpc) is 3.12. The molecule has 2 nitrogen and oxygen atoms in total. The predicted molar refractivity (Wildman–Crippen MR) is 132 cm³/mol. The van der Waals surface area contributed by atoms with Crippen LogP contribution in [0.3, 0.4) is 0 Å². The monoisotopic (exact) mass is 426 g/mol. The van der Waals surface area contributed by atoms with E-state index in [1.807, 2.05) is 19.9 Å². The Morgan fingerprint density at radius 1 is 1.06 bits per heavy atom. The Morgan fingerprint density at radius 2 is 1.84 bits per heavy atom. The van der Waals surface area contributed by atoms with Gasteiger partial charge in [-0.1, -0.05) is 75.3 Å². The molecule has 0 amide bonds. The van der Waals surface area contributed by atoms with E-state index >= 15 is 0 Å². The molecular formula is C29H46O2. The first-order valence-corrected chi connectivity index (χ1v) is 13.0. The number of hydrogen-bond donors (Lipinski definition) is 2. The Balaban J connectivity index is 1.67. The highest BCUT2D eigenvalue weighted by Crippen LogP contribution is 2.59. The van der Waals surface area contributed by atoms with Gasteiger partial charge in [-0.3, -0.25) is 0 Å². The minimum Gasteiger partial charge on any atom is -0.393 e. The van der Waals surface area contributed by atoms with Gasteiger partial charge in [-0.05, 0) is 93.8 Å². The van der Waals surface area contributed by atoms with Crippen LogP contribution in [-0.2, 0) is 0 Å². The van der Waals surface area contributed by atoms with Crippen molar-refractivity contribution in [3.8, 4) is 0 Å². The molecule has 3 aliphatic rings. The highest BCUT2D eigenvalue weighted by Gasteiger charge is 2.50. The Labute approximate surface area is 191 Å². The summed E-state index contributed by atoms with van der Waals surface area (Å²) < 4.78 is 0. The van der Waals surface area contributed by atoms with Gasteiger partial charge >= 0.3 is 0 Å². The van der Waals surface area contributed by atoms with Gasteiger partial charge in [0, 0.05) is 0 Å². The molecular weight excluding hydrogens is 380 g/mol. The van der Waals surface area contributed by atoms with Crippen molar-refractivity contribution in [3.05, 3.63) is 47.6 Å².